The number of hydrogen-bond donors (Lipinski definition) is 1. The Kier molecular flexibility index (Phi) is 18.1. The van der Waals surface area contributed by atoms with E-state index in [4.69, 9.17) is 14.2 Å². The van der Waals surface area contributed by atoms with Crippen molar-refractivity contribution in [3.8, 4) is 39.9 Å². The predicted octanol–water partition coefficient (Wildman–Crippen LogP) is 11.4. The number of hydrogen-bond acceptors (Lipinski definition) is 5. The Hall–Kier alpha value is -3.02. The Morgan fingerprint density at radius 3 is 1.55 bits per heavy atom. The lowest BCUT2D eigenvalue weighted by Gasteiger charge is -2.19. The second-order valence-electron chi connectivity index (χ2n) is 12.0. The molecule has 0 aliphatic heterocycles. The summed E-state index contributed by atoms with van der Waals surface area (Å²) in [5, 5.41) is 7.81. The summed E-state index contributed by atoms with van der Waals surface area (Å²) in [7, 11) is 0. The van der Waals surface area contributed by atoms with Gasteiger partial charge in [-0.3, -0.25) is 10.1 Å². The fraction of sp³-hybridized carbons (Fsp3) is 0.632. The Labute approximate surface area is 267 Å². The summed E-state index contributed by atoms with van der Waals surface area (Å²) in [5.41, 5.74) is 3.53. The van der Waals surface area contributed by atoms with Gasteiger partial charge in [0, 0.05) is 11.8 Å². The van der Waals surface area contributed by atoms with Crippen LogP contribution in [-0.4, -0.2) is 35.0 Å². The van der Waals surface area contributed by atoms with Crippen molar-refractivity contribution in [2.24, 2.45) is 0 Å². The van der Waals surface area contributed by atoms with Gasteiger partial charge in [0.25, 0.3) is 0 Å². The number of nitrogens with zero attached hydrogens (tertiary/aromatic N) is 2. The van der Waals surface area contributed by atoms with E-state index in [1.807, 2.05) is 24.3 Å². The van der Waals surface area contributed by atoms with Crippen molar-refractivity contribution in [1.82, 2.24) is 15.2 Å². The highest BCUT2D eigenvalue weighted by atomic mass is 16.5. The highest BCUT2D eigenvalue weighted by Gasteiger charge is 2.18. The smallest absolute Gasteiger partial charge is 0.203 e. The maximum absolute atomic E-state index is 6.47. The van der Waals surface area contributed by atoms with Crippen LogP contribution in [0.4, 0.5) is 0 Å². The zero-order valence-electron chi connectivity index (χ0n) is 28.0. The Morgan fingerprint density at radius 2 is 1.05 bits per heavy atom. The number of benzene rings is 1. The molecule has 0 saturated heterocycles. The molecule has 0 fully saturated rings. The molecule has 0 bridgehead atoms. The maximum Gasteiger partial charge on any atom is 0.203 e. The van der Waals surface area contributed by atoms with E-state index in [1.54, 1.807) is 6.20 Å². The Bertz CT molecular complexity index is 1090. The van der Waals surface area contributed by atoms with Crippen molar-refractivity contribution in [2.75, 3.05) is 19.8 Å². The average Bonchev–Trinajstić information content (AvgIpc) is 3.55. The van der Waals surface area contributed by atoms with Gasteiger partial charge in [0.05, 0.1) is 36.9 Å². The predicted molar refractivity (Wildman–Crippen MR) is 184 cm³/mol. The quantitative estimate of drug-likeness (QED) is 0.0922. The molecule has 0 unspecified atom stereocenters. The lowest BCUT2D eigenvalue weighted by atomic mass is 10.1. The van der Waals surface area contributed by atoms with Crippen molar-refractivity contribution in [3.05, 3.63) is 42.6 Å². The molecule has 0 aliphatic carbocycles. The molecule has 44 heavy (non-hydrogen) atoms. The lowest BCUT2D eigenvalue weighted by Crippen LogP contribution is -2.07. The number of aromatic nitrogens is 3. The molecule has 0 spiro atoms. The third kappa shape index (κ3) is 13.3. The molecule has 2 aromatic heterocycles. The summed E-state index contributed by atoms with van der Waals surface area (Å²) in [5.74, 6) is 2.24. The van der Waals surface area contributed by atoms with Crippen LogP contribution in [0.3, 0.4) is 0 Å². The molecular formula is C38H59N3O3. The highest BCUT2D eigenvalue weighted by molar-refractivity contribution is 5.71. The van der Waals surface area contributed by atoms with Gasteiger partial charge in [0.2, 0.25) is 5.75 Å². The molecule has 6 heteroatoms. The molecule has 0 aliphatic rings. The summed E-state index contributed by atoms with van der Waals surface area (Å²) in [6.07, 6.45) is 23.8. The molecule has 0 atom stereocenters. The first-order valence-electron chi connectivity index (χ1n) is 17.8. The second-order valence-corrected chi connectivity index (χ2v) is 12.0. The molecular weight excluding hydrogens is 546 g/mol. The normalized spacial score (nSPS) is 11.2. The molecule has 0 radical (unpaired) electrons. The highest BCUT2D eigenvalue weighted by Crippen LogP contribution is 2.42. The van der Waals surface area contributed by atoms with Crippen molar-refractivity contribution in [3.63, 3.8) is 0 Å². The van der Waals surface area contributed by atoms with Crippen LogP contribution < -0.4 is 14.2 Å². The van der Waals surface area contributed by atoms with Crippen LogP contribution in [0.15, 0.2) is 42.6 Å². The van der Waals surface area contributed by atoms with Crippen LogP contribution in [0, 0.1) is 0 Å². The molecule has 1 N–H and O–H groups in total. The first-order chi connectivity index (χ1) is 21.8. The zero-order chi connectivity index (χ0) is 31.1. The van der Waals surface area contributed by atoms with Crippen molar-refractivity contribution >= 4 is 0 Å². The third-order valence-corrected chi connectivity index (χ3v) is 8.09. The van der Waals surface area contributed by atoms with Gasteiger partial charge in [0.1, 0.15) is 0 Å². The maximum atomic E-state index is 6.47. The van der Waals surface area contributed by atoms with Gasteiger partial charge >= 0.3 is 0 Å². The average molecular weight is 606 g/mol. The van der Waals surface area contributed by atoms with Gasteiger partial charge in [0.15, 0.2) is 11.5 Å². The standard InChI is InChI=1S/C38H59N3O3/c1-4-7-10-13-16-21-26-42-36-29-32(34-31-35(41-40-34)33-24-19-20-25-39-33)30-37(43-27-22-17-14-11-8-5-2)38(36)44-28-23-18-15-12-9-6-3/h19-20,24-25,29-31H,4-18,21-23,26-28H2,1-3H3,(H,40,41). The summed E-state index contributed by atoms with van der Waals surface area (Å²) in [4.78, 5) is 4.48. The summed E-state index contributed by atoms with van der Waals surface area (Å²) in [6.45, 7) is 8.77. The Balaban J connectivity index is 1.78. The fourth-order valence-electron chi connectivity index (χ4n) is 5.39. The van der Waals surface area contributed by atoms with E-state index in [2.05, 4.69) is 48.1 Å². The minimum absolute atomic E-state index is 0.665. The minimum Gasteiger partial charge on any atom is -0.490 e. The van der Waals surface area contributed by atoms with Gasteiger partial charge in [-0.1, -0.05) is 123 Å². The Morgan fingerprint density at radius 1 is 0.545 bits per heavy atom. The molecule has 244 valence electrons. The monoisotopic (exact) mass is 605 g/mol. The fourth-order valence-corrected chi connectivity index (χ4v) is 5.39. The van der Waals surface area contributed by atoms with E-state index in [9.17, 15) is 0 Å². The number of H-pyrrole nitrogens is 1. The largest absolute Gasteiger partial charge is 0.490 e. The second kappa shape index (κ2) is 22.5. The first-order valence-corrected chi connectivity index (χ1v) is 17.8. The summed E-state index contributed by atoms with van der Waals surface area (Å²) >= 11 is 0. The van der Waals surface area contributed by atoms with Crippen LogP contribution in [0.2, 0.25) is 0 Å². The van der Waals surface area contributed by atoms with Crippen molar-refractivity contribution in [2.45, 2.75) is 136 Å². The number of ether oxygens (including phenoxy) is 3. The zero-order valence-corrected chi connectivity index (χ0v) is 28.0. The number of unbranched alkanes of at least 4 members (excludes halogenated alkanes) is 15. The van der Waals surface area contributed by atoms with E-state index in [0.29, 0.717) is 19.8 Å². The number of rotatable bonds is 26. The number of nitrogens with one attached hydrogen (secondary N) is 1. The molecule has 0 saturated carbocycles. The molecule has 1 aromatic carbocycles. The van der Waals surface area contributed by atoms with Crippen LogP contribution >= 0.6 is 0 Å². The number of aromatic amines is 1. The van der Waals surface area contributed by atoms with E-state index in [-0.39, 0.29) is 0 Å². The van der Waals surface area contributed by atoms with Gasteiger partial charge in [-0.15, -0.1) is 0 Å². The van der Waals surface area contributed by atoms with Gasteiger partial charge in [-0.05, 0) is 49.6 Å². The van der Waals surface area contributed by atoms with E-state index >= 15 is 0 Å². The van der Waals surface area contributed by atoms with Crippen molar-refractivity contribution < 1.29 is 14.2 Å². The van der Waals surface area contributed by atoms with Gasteiger partial charge in [-0.25, -0.2) is 0 Å². The van der Waals surface area contributed by atoms with E-state index in [0.717, 1.165) is 59.2 Å². The minimum atomic E-state index is 0.665. The third-order valence-electron chi connectivity index (χ3n) is 8.09. The van der Waals surface area contributed by atoms with Crippen LogP contribution in [0.25, 0.3) is 22.6 Å². The van der Waals surface area contributed by atoms with Crippen LogP contribution in [0.1, 0.15) is 136 Å². The molecule has 3 aromatic rings. The van der Waals surface area contributed by atoms with Crippen LogP contribution in [-0.2, 0) is 0 Å². The molecule has 6 nitrogen and oxygen atoms in total. The summed E-state index contributed by atoms with van der Waals surface area (Å²) in [6, 6.07) is 12.1. The first kappa shape index (κ1) is 35.5. The SMILES string of the molecule is CCCCCCCCOc1cc(-c2cc(-c3ccccn3)[nH]n2)cc(OCCCCCCCC)c1OCCCCCCCC. The molecule has 0 amide bonds. The van der Waals surface area contributed by atoms with E-state index < -0.39 is 0 Å². The lowest BCUT2D eigenvalue weighted by molar-refractivity contribution is 0.234. The topological polar surface area (TPSA) is 69.3 Å². The summed E-state index contributed by atoms with van der Waals surface area (Å²) < 4.78 is 19.4. The number of pyridine rings is 1. The molecule has 3 rings (SSSR count). The van der Waals surface area contributed by atoms with Crippen molar-refractivity contribution in [1.29, 1.82) is 0 Å². The van der Waals surface area contributed by atoms with Gasteiger partial charge < -0.3 is 14.2 Å². The van der Waals surface area contributed by atoms with E-state index in [1.165, 1.54) is 96.3 Å². The molecule has 2 heterocycles. The van der Waals surface area contributed by atoms with Crippen LogP contribution in [0.5, 0.6) is 17.2 Å². The van der Waals surface area contributed by atoms with Gasteiger partial charge in [-0.2, -0.15) is 5.10 Å².